The van der Waals surface area contributed by atoms with Gasteiger partial charge in [-0.2, -0.15) is 0 Å². The maximum Gasteiger partial charge on any atom is 0.323 e. The van der Waals surface area contributed by atoms with Gasteiger partial charge in [-0.15, -0.1) is 0 Å². The van der Waals surface area contributed by atoms with Crippen molar-refractivity contribution in [1.82, 2.24) is 4.90 Å². The van der Waals surface area contributed by atoms with Crippen LogP contribution in [0.3, 0.4) is 0 Å². The smallest absolute Gasteiger partial charge is 0.323 e. The van der Waals surface area contributed by atoms with Crippen molar-refractivity contribution in [3.8, 4) is 0 Å². The van der Waals surface area contributed by atoms with Crippen LogP contribution < -0.4 is 10.6 Å². The molecule has 1 heterocycles. The third-order valence-electron chi connectivity index (χ3n) is 5.95. The van der Waals surface area contributed by atoms with Crippen LogP contribution in [0.15, 0.2) is 48.5 Å². The molecule has 0 radical (unpaired) electrons. The zero-order chi connectivity index (χ0) is 20.2. The number of hydrogen-bond donors (Lipinski definition) is 2. The Morgan fingerprint density at radius 2 is 1.59 bits per heavy atom. The van der Waals surface area contributed by atoms with E-state index in [1.165, 1.54) is 25.7 Å². The molecular weight excluding hydrogens is 386 g/mol. The van der Waals surface area contributed by atoms with Gasteiger partial charge in [0.15, 0.2) is 0 Å². The highest BCUT2D eigenvalue weighted by Gasteiger charge is 2.35. The highest BCUT2D eigenvalue weighted by atomic mass is 35.5. The van der Waals surface area contributed by atoms with Crippen molar-refractivity contribution in [2.45, 2.75) is 44.6 Å². The van der Waals surface area contributed by atoms with Crippen molar-refractivity contribution in [3.05, 3.63) is 59.1 Å². The normalized spacial score (nSPS) is 21.2. The number of amides is 3. The molecule has 1 aliphatic carbocycles. The molecule has 0 unspecified atom stereocenters. The lowest BCUT2D eigenvalue weighted by Gasteiger charge is -2.44. The molecule has 2 aliphatic rings. The molecule has 1 saturated heterocycles. The number of fused-ring (bicyclic) bond motifs is 1. The average molecular weight is 412 g/mol. The summed E-state index contributed by atoms with van der Waals surface area (Å²) in [4.78, 5) is 27.6. The van der Waals surface area contributed by atoms with E-state index in [-0.39, 0.29) is 11.9 Å². The topological polar surface area (TPSA) is 61.4 Å². The van der Waals surface area contributed by atoms with Gasteiger partial charge >= 0.3 is 6.03 Å². The van der Waals surface area contributed by atoms with Crippen molar-refractivity contribution >= 4 is 34.9 Å². The standard InChI is InChI=1S/C23H26ClN3O2/c24-18-9-4-11-20(15-18)26-23(29)25-19-10-3-7-17(14-19)22(28)27-13-5-8-16-6-1-2-12-21(16)27/h3-4,7,9-11,14-16,21H,1-2,5-6,8,12-13H2,(H2,25,26,29)/t16-,21-/m0/s1. The fourth-order valence-corrected chi connectivity index (χ4v) is 4.82. The second kappa shape index (κ2) is 8.87. The molecule has 29 heavy (non-hydrogen) atoms. The van der Waals surface area contributed by atoms with Gasteiger partial charge in [0.1, 0.15) is 0 Å². The van der Waals surface area contributed by atoms with E-state index in [0.717, 1.165) is 19.4 Å². The number of likely N-dealkylation sites (tertiary alicyclic amines) is 1. The monoisotopic (exact) mass is 411 g/mol. The van der Waals surface area contributed by atoms with Gasteiger partial charge in [-0.05, 0) is 68.0 Å². The highest BCUT2D eigenvalue weighted by Crippen LogP contribution is 2.36. The van der Waals surface area contributed by atoms with E-state index in [1.807, 2.05) is 12.1 Å². The van der Waals surface area contributed by atoms with E-state index < -0.39 is 0 Å². The van der Waals surface area contributed by atoms with E-state index in [1.54, 1.807) is 36.4 Å². The van der Waals surface area contributed by atoms with Gasteiger partial charge in [0.05, 0.1) is 0 Å². The van der Waals surface area contributed by atoms with Crippen LogP contribution in [0.25, 0.3) is 0 Å². The molecular formula is C23H26ClN3O2. The van der Waals surface area contributed by atoms with Crippen molar-refractivity contribution < 1.29 is 9.59 Å². The molecule has 3 amide bonds. The minimum absolute atomic E-state index is 0.0699. The summed E-state index contributed by atoms with van der Waals surface area (Å²) in [6, 6.07) is 14.1. The second-order valence-electron chi connectivity index (χ2n) is 7.92. The predicted molar refractivity (Wildman–Crippen MR) is 117 cm³/mol. The Kier molecular flexibility index (Phi) is 6.05. The fraction of sp³-hybridized carbons (Fsp3) is 0.391. The maximum atomic E-state index is 13.2. The lowest BCUT2D eigenvalue weighted by molar-refractivity contribution is 0.0390. The third kappa shape index (κ3) is 4.73. The van der Waals surface area contributed by atoms with Crippen LogP contribution in [0.1, 0.15) is 48.9 Å². The predicted octanol–water partition coefficient (Wildman–Crippen LogP) is 5.78. The molecule has 152 valence electrons. The van der Waals surface area contributed by atoms with Gasteiger partial charge in [0.2, 0.25) is 0 Å². The van der Waals surface area contributed by atoms with Crippen molar-refractivity contribution in [1.29, 1.82) is 0 Å². The largest absolute Gasteiger partial charge is 0.335 e. The molecule has 6 heteroatoms. The molecule has 0 bridgehead atoms. The summed E-state index contributed by atoms with van der Waals surface area (Å²) in [6.07, 6.45) is 7.14. The van der Waals surface area contributed by atoms with E-state index in [0.29, 0.717) is 33.9 Å². The van der Waals surface area contributed by atoms with E-state index in [4.69, 9.17) is 11.6 Å². The van der Waals surface area contributed by atoms with E-state index >= 15 is 0 Å². The number of hydrogen-bond acceptors (Lipinski definition) is 2. The van der Waals surface area contributed by atoms with E-state index in [9.17, 15) is 9.59 Å². The summed E-state index contributed by atoms with van der Waals surface area (Å²) < 4.78 is 0. The Balaban J connectivity index is 1.44. The molecule has 1 aliphatic heterocycles. The van der Waals surface area contributed by atoms with Crippen LogP contribution in [0.5, 0.6) is 0 Å². The van der Waals surface area contributed by atoms with Crippen molar-refractivity contribution in [2.24, 2.45) is 5.92 Å². The lowest BCUT2D eigenvalue weighted by atomic mass is 9.78. The molecule has 2 aromatic carbocycles. The number of halogens is 1. The SMILES string of the molecule is O=C(Nc1cccc(Cl)c1)Nc1cccc(C(=O)N2CCC[C@@H]3CCCC[C@@H]32)c1. The first-order chi connectivity index (χ1) is 14.1. The molecule has 2 N–H and O–H groups in total. The molecule has 1 saturated carbocycles. The maximum absolute atomic E-state index is 13.2. The quantitative estimate of drug-likeness (QED) is 0.672. The molecule has 0 spiro atoms. The number of anilines is 2. The minimum Gasteiger partial charge on any atom is -0.335 e. The first-order valence-electron chi connectivity index (χ1n) is 10.3. The number of carbonyl (C=O) groups excluding carboxylic acids is 2. The summed E-state index contributed by atoms with van der Waals surface area (Å²) in [5, 5.41) is 6.10. The van der Waals surface area contributed by atoms with Crippen LogP contribution in [0.2, 0.25) is 5.02 Å². The molecule has 0 aromatic heterocycles. The van der Waals surface area contributed by atoms with Gasteiger partial charge in [-0.3, -0.25) is 4.79 Å². The first-order valence-corrected chi connectivity index (χ1v) is 10.7. The van der Waals surface area contributed by atoms with Gasteiger partial charge in [0, 0.05) is 34.5 Å². The minimum atomic E-state index is -0.373. The third-order valence-corrected chi connectivity index (χ3v) is 6.19. The zero-order valence-corrected chi connectivity index (χ0v) is 17.1. The number of benzene rings is 2. The Morgan fingerprint density at radius 3 is 2.38 bits per heavy atom. The van der Waals surface area contributed by atoms with Gasteiger partial charge in [-0.25, -0.2) is 4.79 Å². The molecule has 2 atom stereocenters. The summed E-state index contributed by atoms with van der Waals surface area (Å²) in [5.74, 6) is 0.715. The lowest BCUT2D eigenvalue weighted by Crippen LogP contribution is -2.49. The Labute approximate surface area is 176 Å². The number of nitrogens with one attached hydrogen (secondary N) is 2. The second-order valence-corrected chi connectivity index (χ2v) is 8.36. The number of carbonyl (C=O) groups is 2. The summed E-state index contributed by atoms with van der Waals surface area (Å²) in [5.41, 5.74) is 1.82. The van der Waals surface area contributed by atoms with Crippen LogP contribution in [-0.4, -0.2) is 29.4 Å². The van der Waals surface area contributed by atoms with Crippen LogP contribution in [0, 0.1) is 5.92 Å². The van der Waals surface area contributed by atoms with Crippen LogP contribution in [0.4, 0.5) is 16.2 Å². The Morgan fingerprint density at radius 1 is 0.897 bits per heavy atom. The fourth-order valence-electron chi connectivity index (χ4n) is 4.63. The number of rotatable bonds is 3. The van der Waals surface area contributed by atoms with E-state index in [2.05, 4.69) is 15.5 Å². The summed E-state index contributed by atoms with van der Waals surface area (Å²) in [6.45, 7) is 0.826. The molecule has 2 aromatic rings. The van der Waals surface area contributed by atoms with Gasteiger partial charge < -0.3 is 15.5 Å². The highest BCUT2D eigenvalue weighted by molar-refractivity contribution is 6.30. The van der Waals surface area contributed by atoms with Crippen molar-refractivity contribution in [2.75, 3.05) is 17.2 Å². The summed E-state index contributed by atoms with van der Waals surface area (Å²) >= 11 is 5.95. The Hall–Kier alpha value is -2.53. The number of piperidine rings is 1. The van der Waals surface area contributed by atoms with Gasteiger partial charge in [-0.1, -0.05) is 36.6 Å². The average Bonchev–Trinajstić information content (AvgIpc) is 2.73. The molecule has 2 fully saturated rings. The summed E-state index contributed by atoms with van der Waals surface area (Å²) in [7, 11) is 0. The van der Waals surface area contributed by atoms with Crippen molar-refractivity contribution in [3.63, 3.8) is 0 Å². The Bertz CT molecular complexity index is 899. The molecule has 5 nitrogen and oxygen atoms in total. The first kappa shape index (κ1) is 19.8. The number of nitrogens with zero attached hydrogens (tertiary/aromatic N) is 1. The van der Waals surface area contributed by atoms with Gasteiger partial charge in [0.25, 0.3) is 5.91 Å². The van der Waals surface area contributed by atoms with Crippen LogP contribution >= 0.6 is 11.6 Å². The zero-order valence-electron chi connectivity index (χ0n) is 16.4. The number of urea groups is 1. The molecule has 4 rings (SSSR count). The van der Waals surface area contributed by atoms with Crippen LogP contribution in [-0.2, 0) is 0 Å².